The number of amides is 1. The summed E-state index contributed by atoms with van der Waals surface area (Å²) >= 11 is 6.12. The second kappa shape index (κ2) is 3.59. The average Bonchev–Trinajstić information content (AvgIpc) is 2.05. The van der Waals surface area contributed by atoms with Gasteiger partial charge in [-0.25, -0.2) is 0 Å². The summed E-state index contributed by atoms with van der Waals surface area (Å²) in [5.41, 5.74) is 5.24. The van der Waals surface area contributed by atoms with Crippen LogP contribution in [-0.4, -0.2) is 23.4 Å². The van der Waals surface area contributed by atoms with Crippen LogP contribution in [0.4, 0.5) is 0 Å². The Kier molecular flexibility index (Phi) is 3.05. The number of fused-ring (bicyclic) bond motifs is 2. The molecule has 0 aromatic carbocycles. The Morgan fingerprint density at radius 1 is 1.62 bits per heavy atom. The van der Waals surface area contributed by atoms with Gasteiger partial charge in [-0.3, -0.25) is 4.79 Å². The van der Waals surface area contributed by atoms with E-state index in [1.165, 1.54) is 0 Å². The predicted molar refractivity (Wildman–Crippen MR) is 57.1 cm³/mol. The number of primary amides is 1. The Hall–Kier alpha value is -0.0600. The van der Waals surface area contributed by atoms with Gasteiger partial charge in [-0.2, -0.15) is 0 Å². The third kappa shape index (κ3) is 1.63. The van der Waals surface area contributed by atoms with Gasteiger partial charge in [0.25, 0.3) is 0 Å². The van der Waals surface area contributed by atoms with Crippen molar-refractivity contribution in [3.63, 3.8) is 0 Å². The van der Waals surface area contributed by atoms with Crippen LogP contribution in [-0.2, 0) is 4.79 Å². The van der Waals surface area contributed by atoms with Crippen LogP contribution < -0.4 is 11.1 Å². The lowest BCUT2D eigenvalue weighted by Crippen LogP contribution is -2.61. The zero-order valence-electron chi connectivity index (χ0n) is 7.00. The van der Waals surface area contributed by atoms with Crippen molar-refractivity contribution in [2.45, 2.75) is 17.3 Å². The highest BCUT2D eigenvalue weighted by Crippen LogP contribution is 2.36. The Morgan fingerprint density at radius 3 is 2.54 bits per heavy atom. The third-order valence-corrected chi connectivity index (χ3v) is 3.21. The molecule has 0 aromatic heterocycles. The van der Waals surface area contributed by atoms with Crippen molar-refractivity contribution in [2.75, 3.05) is 6.54 Å². The van der Waals surface area contributed by atoms with E-state index in [1.54, 1.807) is 0 Å². The van der Waals surface area contributed by atoms with Crippen LogP contribution in [0.2, 0.25) is 0 Å². The van der Waals surface area contributed by atoms with E-state index < -0.39 is 10.8 Å². The molecular weight excluding hydrogens is 255 g/mol. The number of nitrogens with one attached hydrogen (secondary N) is 1. The van der Waals surface area contributed by atoms with Crippen molar-refractivity contribution in [1.82, 2.24) is 5.32 Å². The normalized spacial score (nSPS) is 41.3. The number of carbonyl (C=O) groups excluding carboxylic acids is 1. The number of hydrogen-bond acceptors (Lipinski definition) is 2. The lowest BCUT2D eigenvalue weighted by molar-refractivity contribution is -0.122. The first-order valence-corrected chi connectivity index (χ1v) is 4.41. The zero-order chi connectivity index (χ0) is 8.77. The number of alkyl halides is 1. The average molecular weight is 268 g/mol. The van der Waals surface area contributed by atoms with E-state index >= 15 is 0 Å². The van der Waals surface area contributed by atoms with Gasteiger partial charge in [0, 0.05) is 6.54 Å². The maximum Gasteiger partial charge on any atom is 0.240 e. The van der Waals surface area contributed by atoms with Crippen molar-refractivity contribution >= 4 is 34.5 Å². The predicted octanol–water partition coefficient (Wildman–Crippen LogP) is 0.575. The molecule has 1 aliphatic carbocycles. The highest BCUT2D eigenvalue weighted by molar-refractivity contribution is 8.93. The van der Waals surface area contributed by atoms with Crippen LogP contribution in [0.3, 0.4) is 0 Å². The van der Waals surface area contributed by atoms with Gasteiger partial charge < -0.3 is 11.1 Å². The molecule has 74 valence electrons. The summed E-state index contributed by atoms with van der Waals surface area (Å²) in [4.78, 5) is 10.2. The molecule has 3 unspecified atom stereocenters. The Bertz CT molecular complexity index is 259. The smallest absolute Gasteiger partial charge is 0.240 e. The highest BCUT2D eigenvalue weighted by atomic mass is 79.9. The maximum atomic E-state index is 11.1. The number of nitrogens with two attached hydrogens (primary N) is 1. The molecular formula is C8H12BrClN2O. The molecule has 5 heteroatoms. The SMILES string of the molecule is Br.NC(=O)C1(Cl)CC2C=CC1NC2. The first kappa shape index (κ1) is 11.0. The van der Waals surface area contributed by atoms with Crippen LogP contribution in [0.25, 0.3) is 0 Å². The van der Waals surface area contributed by atoms with Crippen molar-refractivity contribution in [3.05, 3.63) is 12.2 Å². The molecule has 3 nitrogen and oxygen atoms in total. The van der Waals surface area contributed by atoms with E-state index in [1.807, 2.05) is 6.08 Å². The molecule has 3 aliphatic rings. The molecule has 3 rings (SSSR count). The van der Waals surface area contributed by atoms with E-state index in [4.69, 9.17) is 17.3 Å². The topological polar surface area (TPSA) is 55.1 Å². The van der Waals surface area contributed by atoms with Gasteiger partial charge in [0.15, 0.2) is 0 Å². The number of halogens is 2. The molecule has 2 bridgehead atoms. The molecule has 0 saturated carbocycles. The Morgan fingerprint density at radius 2 is 2.31 bits per heavy atom. The molecule has 2 aliphatic heterocycles. The summed E-state index contributed by atoms with van der Waals surface area (Å²) in [7, 11) is 0. The van der Waals surface area contributed by atoms with Crippen molar-refractivity contribution in [3.8, 4) is 0 Å². The fourth-order valence-corrected chi connectivity index (χ4v) is 2.25. The standard InChI is InChI=1S/C8H11ClN2O.BrH/c9-8(7(10)12)3-5-1-2-6(8)11-4-5;/h1-2,5-6,11H,3-4H2,(H2,10,12);1H. The molecule has 13 heavy (non-hydrogen) atoms. The molecule has 3 N–H and O–H groups in total. The van der Waals surface area contributed by atoms with Crippen LogP contribution in [0, 0.1) is 5.92 Å². The first-order valence-electron chi connectivity index (χ1n) is 4.03. The van der Waals surface area contributed by atoms with E-state index in [0.717, 1.165) is 6.54 Å². The fraction of sp³-hybridized carbons (Fsp3) is 0.625. The molecule has 1 fully saturated rings. The molecule has 2 heterocycles. The van der Waals surface area contributed by atoms with Crippen LogP contribution in [0.15, 0.2) is 12.2 Å². The van der Waals surface area contributed by atoms with Crippen molar-refractivity contribution in [2.24, 2.45) is 11.7 Å². The number of carbonyl (C=O) groups is 1. The first-order chi connectivity index (χ1) is 5.63. The van der Waals surface area contributed by atoms with Gasteiger partial charge in [-0.05, 0) is 12.3 Å². The highest BCUT2D eigenvalue weighted by Gasteiger charge is 2.48. The molecule has 0 radical (unpaired) electrons. The lowest BCUT2D eigenvalue weighted by atomic mass is 9.78. The molecule has 1 saturated heterocycles. The van der Waals surface area contributed by atoms with Crippen LogP contribution >= 0.6 is 28.6 Å². The van der Waals surface area contributed by atoms with E-state index in [-0.39, 0.29) is 23.0 Å². The van der Waals surface area contributed by atoms with Crippen LogP contribution in [0.1, 0.15) is 6.42 Å². The van der Waals surface area contributed by atoms with Gasteiger partial charge >= 0.3 is 0 Å². The number of hydrogen-bond donors (Lipinski definition) is 2. The molecule has 0 aromatic rings. The minimum Gasteiger partial charge on any atom is -0.368 e. The van der Waals surface area contributed by atoms with Crippen LogP contribution in [0.5, 0.6) is 0 Å². The summed E-state index contributed by atoms with van der Waals surface area (Å²) in [5, 5.41) is 3.17. The minimum absolute atomic E-state index is 0. The second-order valence-electron chi connectivity index (χ2n) is 3.46. The van der Waals surface area contributed by atoms with Gasteiger partial charge in [-0.15, -0.1) is 28.6 Å². The quantitative estimate of drug-likeness (QED) is 0.539. The van der Waals surface area contributed by atoms with E-state index in [0.29, 0.717) is 12.3 Å². The Labute approximate surface area is 92.5 Å². The second-order valence-corrected chi connectivity index (χ2v) is 4.14. The monoisotopic (exact) mass is 266 g/mol. The van der Waals surface area contributed by atoms with Gasteiger partial charge in [0.2, 0.25) is 5.91 Å². The third-order valence-electron chi connectivity index (χ3n) is 2.64. The van der Waals surface area contributed by atoms with E-state index in [9.17, 15) is 4.79 Å². The summed E-state index contributed by atoms with van der Waals surface area (Å²) in [6, 6.07) is -0.0818. The minimum atomic E-state index is -0.891. The Balaban J connectivity index is 0.000000845. The van der Waals surface area contributed by atoms with Gasteiger partial charge in [0.05, 0.1) is 6.04 Å². The molecule has 0 spiro atoms. The lowest BCUT2D eigenvalue weighted by Gasteiger charge is -2.42. The summed E-state index contributed by atoms with van der Waals surface area (Å²) in [6.45, 7) is 0.906. The zero-order valence-corrected chi connectivity index (χ0v) is 9.46. The fourth-order valence-electron chi connectivity index (χ4n) is 1.90. The van der Waals surface area contributed by atoms with Gasteiger partial charge in [0.1, 0.15) is 4.87 Å². The number of rotatable bonds is 1. The molecule has 1 amide bonds. The maximum absolute atomic E-state index is 11.1. The summed E-state index contributed by atoms with van der Waals surface area (Å²) in [5.74, 6) is -0.0595. The van der Waals surface area contributed by atoms with Gasteiger partial charge in [-0.1, -0.05) is 12.2 Å². The molecule has 3 atom stereocenters. The largest absolute Gasteiger partial charge is 0.368 e. The summed E-state index contributed by atoms with van der Waals surface area (Å²) < 4.78 is 0. The summed E-state index contributed by atoms with van der Waals surface area (Å²) in [6.07, 6.45) is 4.71. The number of piperidine rings is 1. The van der Waals surface area contributed by atoms with Crippen molar-refractivity contribution in [1.29, 1.82) is 0 Å². The van der Waals surface area contributed by atoms with E-state index in [2.05, 4.69) is 11.4 Å². The van der Waals surface area contributed by atoms with Crippen molar-refractivity contribution < 1.29 is 4.79 Å².